The molecule has 0 heterocycles. The maximum atomic E-state index is 13.0. The summed E-state index contributed by atoms with van der Waals surface area (Å²) in [4.78, 5) is 36.7. The van der Waals surface area contributed by atoms with Crippen molar-refractivity contribution in [3.63, 3.8) is 0 Å². The van der Waals surface area contributed by atoms with Crippen LogP contribution >= 0.6 is 0 Å². The Bertz CT molecular complexity index is 1420. The Morgan fingerprint density at radius 2 is 1.33 bits per heavy atom. The maximum absolute atomic E-state index is 13.0. The van der Waals surface area contributed by atoms with Gasteiger partial charge in [-0.1, -0.05) is 58.0 Å². The lowest BCUT2D eigenvalue weighted by molar-refractivity contribution is -0.137. The maximum Gasteiger partial charge on any atom is 0.343 e. The molecule has 7 heteroatoms. The third-order valence-electron chi connectivity index (χ3n) is 8.55. The first-order valence-electron chi connectivity index (χ1n) is 16.4. The number of rotatable bonds is 15. The van der Waals surface area contributed by atoms with E-state index in [1.165, 1.54) is 12.5 Å². The third-order valence-corrected chi connectivity index (χ3v) is 8.55. The van der Waals surface area contributed by atoms with Crippen LogP contribution in [0.5, 0.6) is 11.5 Å². The van der Waals surface area contributed by atoms with Crippen molar-refractivity contribution in [2.45, 2.75) is 71.8 Å². The second-order valence-corrected chi connectivity index (χ2v) is 12.4. The molecule has 0 N–H and O–H groups in total. The average molecular weight is 627 g/mol. The zero-order valence-electron chi connectivity index (χ0n) is 27.2. The summed E-state index contributed by atoms with van der Waals surface area (Å²) in [7, 11) is 0. The lowest BCUT2D eigenvalue weighted by Crippen LogP contribution is -2.35. The van der Waals surface area contributed by atoms with Crippen LogP contribution < -0.4 is 9.47 Å². The van der Waals surface area contributed by atoms with Gasteiger partial charge in [0.2, 0.25) is 0 Å². The van der Waals surface area contributed by atoms with Crippen molar-refractivity contribution in [2.24, 2.45) is 17.8 Å². The van der Waals surface area contributed by atoms with E-state index in [1.807, 2.05) is 36.4 Å². The molecule has 1 saturated carbocycles. The van der Waals surface area contributed by atoms with Crippen molar-refractivity contribution in [2.75, 3.05) is 13.2 Å². The predicted molar refractivity (Wildman–Crippen MR) is 179 cm³/mol. The summed E-state index contributed by atoms with van der Waals surface area (Å²) >= 11 is 0. The van der Waals surface area contributed by atoms with Crippen molar-refractivity contribution >= 4 is 17.9 Å². The first-order valence-corrected chi connectivity index (χ1v) is 16.4. The van der Waals surface area contributed by atoms with Crippen LogP contribution in [0.1, 0.15) is 86.4 Å². The molecule has 1 aliphatic carbocycles. The van der Waals surface area contributed by atoms with Gasteiger partial charge in [-0.25, -0.2) is 14.4 Å². The molecule has 0 radical (unpaired) electrons. The molecule has 46 heavy (non-hydrogen) atoms. The first-order chi connectivity index (χ1) is 22.2. The van der Waals surface area contributed by atoms with E-state index in [0.29, 0.717) is 53.6 Å². The van der Waals surface area contributed by atoms with Crippen LogP contribution in [0.15, 0.2) is 85.5 Å². The van der Waals surface area contributed by atoms with E-state index in [-0.39, 0.29) is 12.1 Å². The molecular weight excluding hydrogens is 580 g/mol. The van der Waals surface area contributed by atoms with Crippen LogP contribution in [0.3, 0.4) is 0 Å². The van der Waals surface area contributed by atoms with E-state index in [1.54, 1.807) is 36.4 Å². The van der Waals surface area contributed by atoms with Crippen LogP contribution in [0.4, 0.5) is 0 Å². The molecule has 0 saturated heterocycles. The first kappa shape index (κ1) is 34.5. The minimum absolute atomic E-state index is 0.0345. The number of carbonyl (C=O) groups is 3. The number of hydrogen-bond acceptors (Lipinski definition) is 7. The summed E-state index contributed by atoms with van der Waals surface area (Å²) in [6.45, 7) is 11.0. The van der Waals surface area contributed by atoms with Gasteiger partial charge in [-0.3, -0.25) is 0 Å². The van der Waals surface area contributed by atoms with Gasteiger partial charge >= 0.3 is 17.9 Å². The summed E-state index contributed by atoms with van der Waals surface area (Å²) in [6.07, 6.45) is 7.94. The second kappa shape index (κ2) is 17.3. The SMILES string of the molecule is C=CC(=O)OCCCCCCOc1ccc(C(=O)Oc2ccc(-c3ccc(C(=O)O[C@@H]4C[C@H](C)CC[C@H]4C(C)C)cc3)cc2)cc1. The minimum Gasteiger partial charge on any atom is -0.494 e. The summed E-state index contributed by atoms with van der Waals surface area (Å²) in [5.74, 6) is 1.47. The standard InChI is InChI=1S/C39H46O7/c1-5-37(40)44-25-9-7-6-8-24-43-33-19-17-32(18-20-33)38(41)45-34-21-15-30(16-22-34)29-11-13-31(14-12-29)39(42)46-36-26-28(4)10-23-35(36)27(2)3/h5,11-22,27-28,35-36H,1,6-10,23-26H2,2-4H3/t28-,35+,36-/m1/s1. The molecule has 3 aromatic rings. The van der Waals surface area contributed by atoms with Crippen LogP contribution in [0.25, 0.3) is 11.1 Å². The Morgan fingerprint density at radius 3 is 1.96 bits per heavy atom. The van der Waals surface area contributed by atoms with Crippen molar-refractivity contribution in [3.05, 3.63) is 96.6 Å². The zero-order chi connectivity index (χ0) is 32.9. The Morgan fingerprint density at radius 1 is 0.761 bits per heavy atom. The topological polar surface area (TPSA) is 88.1 Å². The molecule has 1 aliphatic rings. The van der Waals surface area contributed by atoms with Crippen molar-refractivity contribution in [1.29, 1.82) is 0 Å². The van der Waals surface area contributed by atoms with Gasteiger partial charge in [0.15, 0.2) is 0 Å². The van der Waals surface area contributed by atoms with Gasteiger partial charge in [-0.15, -0.1) is 0 Å². The van der Waals surface area contributed by atoms with Crippen LogP contribution in [-0.2, 0) is 14.3 Å². The van der Waals surface area contributed by atoms with E-state index >= 15 is 0 Å². The molecule has 1 fully saturated rings. The second-order valence-electron chi connectivity index (χ2n) is 12.4. The molecule has 244 valence electrons. The van der Waals surface area contributed by atoms with Gasteiger partial charge < -0.3 is 18.9 Å². The molecular formula is C39H46O7. The molecule has 3 aromatic carbocycles. The van der Waals surface area contributed by atoms with Gasteiger partial charge in [0, 0.05) is 6.08 Å². The number of unbranched alkanes of at least 4 members (excludes halogenated alkanes) is 3. The molecule has 4 rings (SSSR count). The summed E-state index contributed by atoms with van der Waals surface area (Å²) in [5.41, 5.74) is 2.87. The average Bonchev–Trinajstić information content (AvgIpc) is 3.06. The quantitative estimate of drug-likeness (QED) is 0.0721. The van der Waals surface area contributed by atoms with E-state index in [0.717, 1.165) is 49.7 Å². The van der Waals surface area contributed by atoms with Crippen molar-refractivity contribution in [1.82, 2.24) is 0 Å². The summed E-state index contributed by atoms with van der Waals surface area (Å²) in [6, 6.07) is 21.6. The fourth-order valence-corrected chi connectivity index (χ4v) is 5.80. The van der Waals surface area contributed by atoms with Crippen LogP contribution in [-0.4, -0.2) is 37.2 Å². The van der Waals surface area contributed by atoms with E-state index in [2.05, 4.69) is 27.4 Å². The normalized spacial score (nSPS) is 17.6. The number of hydrogen-bond donors (Lipinski definition) is 0. The monoisotopic (exact) mass is 626 g/mol. The highest BCUT2D eigenvalue weighted by molar-refractivity contribution is 5.91. The highest BCUT2D eigenvalue weighted by Gasteiger charge is 2.33. The zero-order valence-corrected chi connectivity index (χ0v) is 27.2. The van der Waals surface area contributed by atoms with Crippen molar-refractivity contribution < 1.29 is 33.3 Å². The molecule has 0 spiro atoms. The number of carbonyl (C=O) groups excluding carboxylic acids is 3. The van der Waals surface area contributed by atoms with Crippen LogP contribution in [0.2, 0.25) is 0 Å². The molecule has 0 unspecified atom stereocenters. The largest absolute Gasteiger partial charge is 0.494 e. The minimum atomic E-state index is -0.452. The lowest BCUT2D eigenvalue weighted by Gasteiger charge is -2.36. The fraction of sp³-hybridized carbons (Fsp3) is 0.410. The van der Waals surface area contributed by atoms with E-state index < -0.39 is 11.9 Å². The molecule has 0 aliphatic heterocycles. The molecule has 0 bridgehead atoms. The smallest absolute Gasteiger partial charge is 0.343 e. The number of ether oxygens (including phenoxy) is 4. The molecule has 7 nitrogen and oxygen atoms in total. The van der Waals surface area contributed by atoms with Gasteiger partial charge in [-0.05, 0) is 116 Å². The highest BCUT2D eigenvalue weighted by Crippen LogP contribution is 2.36. The van der Waals surface area contributed by atoms with Crippen LogP contribution in [0, 0.1) is 17.8 Å². The number of esters is 3. The van der Waals surface area contributed by atoms with E-state index in [4.69, 9.17) is 18.9 Å². The van der Waals surface area contributed by atoms with Gasteiger partial charge in [0.25, 0.3) is 0 Å². The Hall–Kier alpha value is -4.39. The third kappa shape index (κ3) is 10.3. The molecule has 3 atom stereocenters. The number of benzene rings is 3. The Balaban J connectivity index is 1.21. The van der Waals surface area contributed by atoms with E-state index in [9.17, 15) is 14.4 Å². The predicted octanol–water partition coefficient (Wildman–Crippen LogP) is 8.86. The fourth-order valence-electron chi connectivity index (χ4n) is 5.80. The van der Waals surface area contributed by atoms with Crippen molar-refractivity contribution in [3.8, 4) is 22.6 Å². The molecule has 0 amide bonds. The van der Waals surface area contributed by atoms with Gasteiger partial charge in [-0.2, -0.15) is 0 Å². The summed E-state index contributed by atoms with van der Waals surface area (Å²) in [5, 5.41) is 0. The Kier molecular flexibility index (Phi) is 13.0. The van der Waals surface area contributed by atoms with Gasteiger partial charge in [0.1, 0.15) is 17.6 Å². The Labute approximate surface area is 272 Å². The van der Waals surface area contributed by atoms with Gasteiger partial charge in [0.05, 0.1) is 24.3 Å². The summed E-state index contributed by atoms with van der Waals surface area (Å²) < 4.78 is 22.3. The molecule has 0 aromatic heterocycles. The highest BCUT2D eigenvalue weighted by atomic mass is 16.5. The lowest BCUT2D eigenvalue weighted by atomic mass is 9.75.